The van der Waals surface area contributed by atoms with Gasteiger partial charge in [0.05, 0.1) is 38.1 Å². The Morgan fingerprint density at radius 1 is 1.17 bits per heavy atom. The second-order valence-corrected chi connectivity index (χ2v) is 11.2. The first-order valence-corrected chi connectivity index (χ1v) is 12.9. The van der Waals surface area contributed by atoms with Crippen LogP contribution in [0, 0.1) is 22.7 Å². The zero-order chi connectivity index (χ0) is 25.7. The minimum atomic E-state index is -0.838. The number of carbonyl (C=O) groups excluding carboxylic acids is 1. The van der Waals surface area contributed by atoms with Crippen LogP contribution in [0.4, 0.5) is 0 Å². The predicted octanol–water partition coefficient (Wildman–Crippen LogP) is 4.74. The van der Waals surface area contributed by atoms with Crippen LogP contribution < -0.4 is 9.47 Å². The van der Waals surface area contributed by atoms with Crippen LogP contribution in [0.15, 0.2) is 42.0 Å². The second-order valence-electron chi connectivity index (χ2n) is 11.2. The van der Waals surface area contributed by atoms with Gasteiger partial charge in [0.2, 0.25) is 0 Å². The molecule has 7 atom stereocenters. The van der Waals surface area contributed by atoms with Crippen molar-refractivity contribution in [1.29, 1.82) is 0 Å². The van der Waals surface area contributed by atoms with E-state index in [1.165, 1.54) is 5.57 Å². The van der Waals surface area contributed by atoms with Crippen LogP contribution in [0.3, 0.4) is 0 Å². The van der Waals surface area contributed by atoms with Crippen molar-refractivity contribution in [1.82, 2.24) is 0 Å². The number of rotatable bonds is 5. The number of aliphatic hydroxyl groups excluding tert-OH is 1. The Bertz CT molecular complexity index is 1040. The van der Waals surface area contributed by atoms with E-state index in [4.69, 9.17) is 23.7 Å². The fourth-order valence-corrected chi connectivity index (χ4v) is 7.46. The van der Waals surface area contributed by atoms with Crippen molar-refractivity contribution in [2.45, 2.75) is 64.4 Å². The number of carbonyl (C=O) groups is 1. The topological polar surface area (TPSA) is 83.5 Å². The summed E-state index contributed by atoms with van der Waals surface area (Å²) in [5.74, 6) is 1.57. The Morgan fingerprint density at radius 3 is 2.53 bits per heavy atom. The van der Waals surface area contributed by atoms with E-state index in [2.05, 4.69) is 20.4 Å². The number of cyclic esters (lactones) is 1. The van der Waals surface area contributed by atoms with E-state index in [-0.39, 0.29) is 29.5 Å². The maximum atomic E-state index is 12.1. The summed E-state index contributed by atoms with van der Waals surface area (Å²) in [6.45, 7) is 9.73. The fraction of sp³-hybridized carbons (Fsp3) is 0.621. The van der Waals surface area contributed by atoms with Crippen molar-refractivity contribution in [3.63, 3.8) is 0 Å². The van der Waals surface area contributed by atoms with Crippen LogP contribution in [-0.2, 0) is 19.0 Å². The van der Waals surface area contributed by atoms with Crippen molar-refractivity contribution >= 4 is 5.97 Å². The highest BCUT2D eigenvalue weighted by atomic mass is 16.7. The standard InChI is InChI=1S/C29H38O7/c1-17-9-12-23-28(2,19(17)11-10-18-20(30)15-34-26(18)31)14-13-24-29(23,3)16-35-27(36-24)25-21(32-4)7-6-8-22(25)33-5/h6-8,10,19-20,23-24,27,30H,1,9,11-16H2,2-5H3/b18-10+/t19-,20-,23+,24-,27-,28+,29+/m0/s1. The Kier molecular flexibility index (Phi) is 6.68. The van der Waals surface area contributed by atoms with Gasteiger partial charge in [0, 0.05) is 5.41 Å². The average molecular weight is 499 g/mol. The third-order valence-electron chi connectivity index (χ3n) is 9.39. The molecule has 4 aliphatic rings. The lowest BCUT2D eigenvalue weighted by molar-refractivity contribution is -0.307. The summed E-state index contributed by atoms with van der Waals surface area (Å²) in [5, 5.41) is 10.2. The van der Waals surface area contributed by atoms with Crippen molar-refractivity contribution in [2.24, 2.45) is 22.7 Å². The highest BCUT2D eigenvalue weighted by Crippen LogP contribution is 2.64. The molecule has 2 aliphatic heterocycles. The molecule has 2 heterocycles. The molecule has 1 N–H and O–H groups in total. The largest absolute Gasteiger partial charge is 0.496 e. The van der Waals surface area contributed by atoms with Crippen LogP contribution in [0.2, 0.25) is 0 Å². The zero-order valence-electron chi connectivity index (χ0n) is 21.7. The van der Waals surface area contributed by atoms with Crippen LogP contribution in [0.1, 0.15) is 57.8 Å². The van der Waals surface area contributed by atoms with E-state index < -0.39 is 18.4 Å². The fourth-order valence-electron chi connectivity index (χ4n) is 7.46. The van der Waals surface area contributed by atoms with Crippen molar-refractivity contribution in [3.05, 3.63) is 47.6 Å². The lowest BCUT2D eigenvalue weighted by Gasteiger charge is -2.62. The summed E-state index contributed by atoms with van der Waals surface area (Å²) in [6, 6.07) is 5.70. The minimum Gasteiger partial charge on any atom is -0.496 e. The number of hydrogen-bond acceptors (Lipinski definition) is 7. The van der Waals surface area contributed by atoms with Crippen molar-refractivity contribution in [2.75, 3.05) is 27.4 Å². The maximum Gasteiger partial charge on any atom is 0.336 e. The number of ether oxygens (including phenoxy) is 5. The van der Waals surface area contributed by atoms with Crippen molar-refractivity contribution in [3.8, 4) is 11.5 Å². The summed E-state index contributed by atoms with van der Waals surface area (Å²) in [4.78, 5) is 12.1. The van der Waals surface area contributed by atoms with Gasteiger partial charge in [0.1, 0.15) is 24.2 Å². The van der Waals surface area contributed by atoms with Gasteiger partial charge in [-0.1, -0.05) is 38.1 Å². The van der Waals surface area contributed by atoms with Gasteiger partial charge < -0.3 is 28.8 Å². The van der Waals surface area contributed by atoms with E-state index in [1.807, 2.05) is 24.3 Å². The number of fused-ring (bicyclic) bond motifs is 3. The normalized spacial score (nSPS) is 39.4. The van der Waals surface area contributed by atoms with E-state index >= 15 is 0 Å². The average Bonchev–Trinajstić information content (AvgIpc) is 3.19. The highest BCUT2D eigenvalue weighted by Gasteiger charge is 2.60. The number of hydrogen-bond donors (Lipinski definition) is 1. The number of allylic oxidation sites excluding steroid dienone is 2. The van der Waals surface area contributed by atoms with E-state index in [1.54, 1.807) is 14.2 Å². The lowest BCUT2D eigenvalue weighted by Crippen LogP contribution is -2.60. The summed E-state index contributed by atoms with van der Waals surface area (Å²) in [5.41, 5.74) is 2.24. The predicted molar refractivity (Wildman–Crippen MR) is 134 cm³/mol. The van der Waals surface area contributed by atoms with Crippen LogP contribution in [0.25, 0.3) is 0 Å². The van der Waals surface area contributed by atoms with Gasteiger partial charge in [0.25, 0.3) is 0 Å². The molecule has 5 rings (SSSR count). The Hall–Kier alpha value is -2.35. The van der Waals surface area contributed by atoms with Gasteiger partial charge in [-0.2, -0.15) is 0 Å². The molecular formula is C29H38O7. The molecule has 1 aromatic rings. The first-order chi connectivity index (χ1) is 17.2. The van der Waals surface area contributed by atoms with E-state index in [0.717, 1.165) is 31.2 Å². The number of benzene rings is 1. The molecule has 0 radical (unpaired) electrons. The molecule has 0 unspecified atom stereocenters. The Labute approximate surface area is 213 Å². The number of aliphatic hydroxyl groups is 1. The smallest absolute Gasteiger partial charge is 0.336 e. The molecule has 1 aromatic carbocycles. The van der Waals surface area contributed by atoms with Crippen LogP contribution in [0.5, 0.6) is 11.5 Å². The molecular weight excluding hydrogens is 460 g/mol. The molecule has 4 fully saturated rings. The minimum absolute atomic E-state index is 0.00715. The van der Waals surface area contributed by atoms with Gasteiger partial charge in [0.15, 0.2) is 6.29 Å². The van der Waals surface area contributed by atoms with E-state index in [9.17, 15) is 9.90 Å². The molecule has 0 amide bonds. The maximum absolute atomic E-state index is 12.1. The Morgan fingerprint density at radius 2 is 1.89 bits per heavy atom. The molecule has 0 bridgehead atoms. The first kappa shape index (κ1) is 25.3. The van der Waals surface area contributed by atoms with Gasteiger partial charge in [-0.05, 0) is 61.5 Å². The van der Waals surface area contributed by atoms with Crippen molar-refractivity contribution < 1.29 is 33.6 Å². The van der Waals surface area contributed by atoms with E-state index in [0.29, 0.717) is 36.0 Å². The zero-order valence-corrected chi connectivity index (χ0v) is 21.7. The molecule has 0 spiro atoms. The molecule has 36 heavy (non-hydrogen) atoms. The molecule has 196 valence electrons. The third kappa shape index (κ3) is 3.96. The quantitative estimate of drug-likeness (QED) is 0.357. The third-order valence-corrected chi connectivity index (χ3v) is 9.39. The molecule has 7 nitrogen and oxygen atoms in total. The second kappa shape index (κ2) is 9.51. The number of esters is 1. The summed E-state index contributed by atoms with van der Waals surface area (Å²) in [6.07, 6.45) is 5.10. The summed E-state index contributed by atoms with van der Waals surface area (Å²) >= 11 is 0. The van der Waals surface area contributed by atoms with Gasteiger partial charge in [-0.15, -0.1) is 0 Å². The molecule has 2 aliphatic carbocycles. The molecule has 2 saturated carbocycles. The van der Waals surface area contributed by atoms with Crippen LogP contribution >= 0.6 is 0 Å². The number of methoxy groups -OCH3 is 2. The molecule has 7 heteroatoms. The van der Waals surface area contributed by atoms with Gasteiger partial charge >= 0.3 is 5.97 Å². The SMILES string of the molecule is C=C1CC[C@@H]2[C@](C)(CC[C@@H]3O[C@@H](c4c(OC)cccc4OC)OC[C@]23C)[C@H]1C/C=C1/C(=O)OC[C@@H]1O. The van der Waals surface area contributed by atoms with Gasteiger partial charge in [-0.25, -0.2) is 4.79 Å². The monoisotopic (exact) mass is 498 g/mol. The highest BCUT2D eigenvalue weighted by molar-refractivity contribution is 5.91. The van der Waals surface area contributed by atoms with Gasteiger partial charge in [-0.3, -0.25) is 0 Å². The lowest BCUT2D eigenvalue weighted by atomic mass is 9.46. The Balaban J connectivity index is 1.40. The first-order valence-electron chi connectivity index (χ1n) is 12.9. The summed E-state index contributed by atoms with van der Waals surface area (Å²) in [7, 11) is 3.29. The molecule has 2 saturated heterocycles. The summed E-state index contributed by atoms with van der Waals surface area (Å²) < 4.78 is 29.3. The molecule has 0 aromatic heterocycles. The van der Waals surface area contributed by atoms with Crippen LogP contribution in [-0.4, -0.2) is 50.7 Å².